The molecule has 1 aromatic carbocycles. The molecule has 1 heterocycles. The van der Waals surface area contributed by atoms with E-state index in [2.05, 4.69) is 20.9 Å². The van der Waals surface area contributed by atoms with Gasteiger partial charge in [0.15, 0.2) is 0 Å². The van der Waals surface area contributed by atoms with Crippen LogP contribution in [0.3, 0.4) is 0 Å². The number of aromatic nitrogens is 1. The molecule has 0 saturated carbocycles. The molecule has 0 aliphatic heterocycles. The van der Waals surface area contributed by atoms with Crippen LogP contribution in [0, 0.1) is 0 Å². The number of halogens is 1. The van der Waals surface area contributed by atoms with Gasteiger partial charge in [-0.1, -0.05) is 22.9 Å². The van der Waals surface area contributed by atoms with E-state index in [1.807, 2.05) is 19.1 Å². The zero-order valence-electron chi connectivity index (χ0n) is 8.70. The molecular formula is C12H10BrNO2. The number of nitrogens with zero attached hydrogens (tertiary/aromatic N) is 1. The molecule has 82 valence electrons. The van der Waals surface area contributed by atoms with Crippen LogP contribution >= 0.6 is 15.9 Å². The number of rotatable bonds is 2. The minimum Gasteiger partial charge on any atom is -0.478 e. The van der Waals surface area contributed by atoms with Crippen LogP contribution in [0.1, 0.15) is 23.0 Å². The van der Waals surface area contributed by atoms with E-state index < -0.39 is 5.97 Å². The highest BCUT2D eigenvalue weighted by atomic mass is 79.9. The third-order valence-corrected chi connectivity index (χ3v) is 2.91. The lowest BCUT2D eigenvalue weighted by molar-refractivity contribution is 0.0699. The van der Waals surface area contributed by atoms with Gasteiger partial charge < -0.3 is 5.11 Å². The molecule has 0 amide bonds. The first kappa shape index (κ1) is 11.1. The summed E-state index contributed by atoms with van der Waals surface area (Å²) in [6.07, 6.45) is 0.728. The first-order chi connectivity index (χ1) is 7.61. The maximum atomic E-state index is 11.2. The highest BCUT2D eigenvalue weighted by Gasteiger charge is 2.11. The van der Waals surface area contributed by atoms with E-state index in [0.717, 1.165) is 22.1 Å². The fourth-order valence-electron chi connectivity index (χ4n) is 1.61. The standard InChI is InChI=1S/C12H10BrNO2/c1-2-8-6-10(12(15)16)9-5-7(13)3-4-11(9)14-8/h3-6H,2H2,1H3,(H,15,16). The summed E-state index contributed by atoms with van der Waals surface area (Å²) in [7, 11) is 0. The Morgan fingerprint density at radius 1 is 1.44 bits per heavy atom. The van der Waals surface area contributed by atoms with Gasteiger partial charge in [-0.3, -0.25) is 4.98 Å². The van der Waals surface area contributed by atoms with Crippen LogP contribution in [0.2, 0.25) is 0 Å². The van der Waals surface area contributed by atoms with Crippen molar-refractivity contribution < 1.29 is 9.90 Å². The van der Waals surface area contributed by atoms with Crippen molar-refractivity contribution in [1.29, 1.82) is 0 Å². The molecule has 0 radical (unpaired) electrons. The largest absolute Gasteiger partial charge is 0.478 e. The Hall–Kier alpha value is -1.42. The first-order valence-electron chi connectivity index (χ1n) is 4.94. The zero-order chi connectivity index (χ0) is 11.7. The van der Waals surface area contributed by atoms with Crippen LogP contribution in [-0.2, 0) is 6.42 Å². The summed E-state index contributed by atoms with van der Waals surface area (Å²) < 4.78 is 0.855. The van der Waals surface area contributed by atoms with Crippen molar-refractivity contribution in [3.8, 4) is 0 Å². The molecule has 0 fully saturated rings. The molecule has 0 bridgehead atoms. The molecule has 16 heavy (non-hydrogen) atoms. The van der Waals surface area contributed by atoms with Crippen molar-refractivity contribution in [3.63, 3.8) is 0 Å². The van der Waals surface area contributed by atoms with Crippen molar-refractivity contribution in [2.75, 3.05) is 0 Å². The molecule has 0 unspecified atom stereocenters. The summed E-state index contributed by atoms with van der Waals surface area (Å²) in [6.45, 7) is 1.96. The minimum absolute atomic E-state index is 0.308. The summed E-state index contributed by atoms with van der Waals surface area (Å²) in [5, 5.41) is 9.82. The predicted octanol–water partition coefficient (Wildman–Crippen LogP) is 3.26. The fraction of sp³-hybridized carbons (Fsp3) is 0.167. The number of hydrogen-bond acceptors (Lipinski definition) is 2. The normalized spacial score (nSPS) is 10.6. The van der Waals surface area contributed by atoms with Crippen molar-refractivity contribution in [2.24, 2.45) is 0 Å². The Bertz CT molecular complexity index is 566. The smallest absolute Gasteiger partial charge is 0.336 e. The molecule has 0 spiro atoms. The van der Waals surface area contributed by atoms with Gasteiger partial charge >= 0.3 is 5.97 Å². The second kappa shape index (κ2) is 4.22. The second-order valence-electron chi connectivity index (χ2n) is 3.48. The molecule has 2 aromatic rings. The first-order valence-corrected chi connectivity index (χ1v) is 5.73. The van der Waals surface area contributed by atoms with Gasteiger partial charge in [0.1, 0.15) is 0 Å². The number of benzene rings is 1. The maximum Gasteiger partial charge on any atom is 0.336 e. The fourth-order valence-corrected chi connectivity index (χ4v) is 1.97. The van der Waals surface area contributed by atoms with Crippen LogP contribution in [0.25, 0.3) is 10.9 Å². The molecule has 1 aromatic heterocycles. The van der Waals surface area contributed by atoms with Gasteiger partial charge in [-0.05, 0) is 30.7 Å². The van der Waals surface area contributed by atoms with Crippen LogP contribution in [0.4, 0.5) is 0 Å². The monoisotopic (exact) mass is 279 g/mol. The van der Waals surface area contributed by atoms with Gasteiger partial charge in [0.2, 0.25) is 0 Å². The average molecular weight is 280 g/mol. The Morgan fingerprint density at radius 3 is 2.81 bits per heavy atom. The average Bonchev–Trinajstić information content (AvgIpc) is 2.27. The number of pyridine rings is 1. The van der Waals surface area contributed by atoms with Crippen LogP contribution < -0.4 is 0 Å². The van der Waals surface area contributed by atoms with E-state index in [1.165, 1.54) is 0 Å². The van der Waals surface area contributed by atoms with Gasteiger partial charge in [0.25, 0.3) is 0 Å². The topological polar surface area (TPSA) is 50.2 Å². The predicted molar refractivity (Wildman–Crippen MR) is 65.8 cm³/mol. The number of hydrogen-bond donors (Lipinski definition) is 1. The van der Waals surface area contributed by atoms with Gasteiger partial charge in [-0.15, -0.1) is 0 Å². The van der Waals surface area contributed by atoms with Gasteiger partial charge in [0.05, 0.1) is 11.1 Å². The molecule has 1 N–H and O–H groups in total. The quantitative estimate of drug-likeness (QED) is 0.918. The highest BCUT2D eigenvalue weighted by molar-refractivity contribution is 9.10. The van der Waals surface area contributed by atoms with Crippen LogP contribution in [0.15, 0.2) is 28.7 Å². The number of fused-ring (bicyclic) bond motifs is 1. The van der Waals surface area contributed by atoms with E-state index in [4.69, 9.17) is 5.11 Å². The summed E-state index contributed by atoms with van der Waals surface area (Å²) in [6, 6.07) is 7.10. The lowest BCUT2D eigenvalue weighted by Gasteiger charge is -2.05. The lowest BCUT2D eigenvalue weighted by Crippen LogP contribution is -2.01. The third-order valence-electron chi connectivity index (χ3n) is 2.42. The van der Waals surface area contributed by atoms with Gasteiger partial charge in [0, 0.05) is 15.6 Å². The Kier molecular flexibility index (Phi) is 2.92. The van der Waals surface area contributed by atoms with Crippen LogP contribution in [-0.4, -0.2) is 16.1 Å². The van der Waals surface area contributed by atoms with E-state index in [0.29, 0.717) is 10.9 Å². The summed E-state index contributed by atoms with van der Waals surface area (Å²) >= 11 is 3.33. The minimum atomic E-state index is -0.916. The molecule has 0 saturated heterocycles. The van der Waals surface area contributed by atoms with E-state index in [-0.39, 0.29) is 0 Å². The van der Waals surface area contributed by atoms with E-state index >= 15 is 0 Å². The van der Waals surface area contributed by atoms with Crippen molar-refractivity contribution in [3.05, 3.63) is 40.0 Å². The van der Waals surface area contributed by atoms with Crippen molar-refractivity contribution in [2.45, 2.75) is 13.3 Å². The van der Waals surface area contributed by atoms with E-state index in [1.54, 1.807) is 12.1 Å². The molecule has 0 aliphatic carbocycles. The molecule has 4 heteroatoms. The molecule has 2 rings (SSSR count). The Balaban J connectivity index is 2.82. The zero-order valence-corrected chi connectivity index (χ0v) is 10.3. The molecule has 3 nitrogen and oxygen atoms in total. The Labute approximate surface area is 101 Å². The van der Waals surface area contributed by atoms with Crippen LogP contribution in [0.5, 0.6) is 0 Å². The molecule has 0 atom stereocenters. The lowest BCUT2D eigenvalue weighted by atomic mass is 10.1. The number of aromatic carboxylic acids is 1. The highest BCUT2D eigenvalue weighted by Crippen LogP contribution is 2.23. The van der Waals surface area contributed by atoms with Crippen molar-refractivity contribution in [1.82, 2.24) is 4.98 Å². The SMILES string of the molecule is CCc1cc(C(=O)O)c2cc(Br)ccc2n1. The maximum absolute atomic E-state index is 11.2. The molecular weight excluding hydrogens is 270 g/mol. The Morgan fingerprint density at radius 2 is 2.19 bits per heavy atom. The number of carbonyl (C=O) groups is 1. The van der Waals surface area contributed by atoms with Gasteiger partial charge in [-0.25, -0.2) is 4.79 Å². The van der Waals surface area contributed by atoms with Gasteiger partial charge in [-0.2, -0.15) is 0 Å². The van der Waals surface area contributed by atoms with E-state index in [9.17, 15) is 4.79 Å². The number of carboxylic acid groups (broad SMARTS) is 1. The summed E-state index contributed by atoms with van der Waals surface area (Å²) in [5.74, 6) is -0.916. The summed E-state index contributed by atoms with van der Waals surface area (Å²) in [5.41, 5.74) is 1.83. The summed E-state index contributed by atoms with van der Waals surface area (Å²) in [4.78, 5) is 15.5. The number of aryl methyl sites for hydroxylation is 1. The third kappa shape index (κ3) is 1.93. The number of carboxylic acids is 1. The second-order valence-corrected chi connectivity index (χ2v) is 4.40. The molecule has 0 aliphatic rings. The van der Waals surface area contributed by atoms with Crippen molar-refractivity contribution >= 4 is 32.8 Å².